The zero-order valence-electron chi connectivity index (χ0n) is 15.0. The fraction of sp³-hybridized carbons (Fsp3) is 0.737. The van der Waals surface area contributed by atoms with Crippen LogP contribution in [-0.2, 0) is 11.2 Å². The lowest BCUT2D eigenvalue weighted by atomic mass is 9.89. The van der Waals surface area contributed by atoms with Gasteiger partial charge in [-0.3, -0.25) is 9.69 Å². The van der Waals surface area contributed by atoms with Crippen LogP contribution in [0.5, 0.6) is 0 Å². The maximum atomic E-state index is 12.7. The van der Waals surface area contributed by atoms with E-state index in [1.54, 1.807) is 11.3 Å². The van der Waals surface area contributed by atoms with Gasteiger partial charge < -0.3 is 9.64 Å². The summed E-state index contributed by atoms with van der Waals surface area (Å²) in [4.78, 5) is 18.6. The van der Waals surface area contributed by atoms with Crippen molar-refractivity contribution in [1.82, 2.24) is 9.80 Å². The Labute approximate surface area is 149 Å². The third-order valence-electron chi connectivity index (χ3n) is 5.53. The number of rotatable bonds is 5. The van der Waals surface area contributed by atoms with Gasteiger partial charge in [0.05, 0.1) is 18.8 Å². The van der Waals surface area contributed by atoms with Gasteiger partial charge in [-0.1, -0.05) is 13.3 Å². The van der Waals surface area contributed by atoms with Crippen LogP contribution < -0.4 is 0 Å². The number of nitrogens with zero attached hydrogens (tertiary/aromatic N) is 2. The first-order valence-electron chi connectivity index (χ1n) is 9.37. The molecule has 5 heteroatoms. The molecule has 0 unspecified atom stereocenters. The Balaban J connectivity index is 1.51. The Bertz CT molecular complexity index is 531. The van der Waals surface area contributed by atoms with Crippen molar-refractivity contribution in [3.63, 3.8) is 0 Å². The summed E-state index contributed by atoms with van der Waals surface area (Å²) in [5.74, 6) is 0.927. The van der Waals surface area contributed by atoms with Crippen molar-refractivity contribution in [3.8, 4) is 0 Å². The maximum absolute atomic E-state index is 12.7. The van der Waals surface area contributed by atoms with Crippen LogP contribution in [0.1, 0.15) is 48.3 Å². The van der Waals surface area contributed by atoms with Crippen molar-refractivity contribution < 1.29 is 9.53 Å². The second-order valence-electron chi connectivity index (χ2n) is 7.07. The molecule has 0 N–H and O–H groups in total. The molecule has 4 nitrogen and oxygen atoms in total. The van der Waals surface area contributed by atoms with Gasteiger partial charge >= 0.3 is 0 Å². The number of amides is 1. The number of morpholine rings is 1. The molecule has 1 atom stereocenters. The van der Waals surface area contributed by atoms with Gasteiger partial charge in [0.25, 0.3) is 5.91 Å². The second-order valence-corrected chi connectivity index (χ2v) is 8.07. The van der Waals surface area contributed by atoms with E-state index in [4.69, 9.17) is 4.74 Å². The number of ether oxygens (including phenoxy) is 1. The van der Waals surface area contributed by atoms with Crippen LogP contribution in [0.15, 0.2) is 11.4 Å². The number of hydrogen-bond donors (Lipinski definition) is 0. The molecule has 3 rings (SSSR count). The summed E-state index contributed by atoms with van der Waals surface area (Å²) in [6.07, 6.45) is 4.46. The summed E-state index contributed by atoms with van der Waals surface area (Å²) in [5, 5.41) is 2.04. The highest BCUT2D eigenvalue weighted by Gasteiger charge is 2.30. The van der Waals surface area contributed by atoms with Gasteiger partial charge in [-0.15, -0.1) is 11.3 Å². The van der Waals surface area contributed by atoms with Gasteiger partial charge in [0.2, 0.25) is 0 Å². The molecule has 1 amide bonds. The van der Waals surface area contributed by atoms with Gasteiger partial charge in [0, 0.05) is 42.5 Å². The lowest BCUT2D eigenvalue weighted by molar-refractivity contribution is -0.000948. The number of carbonyl (C=O) groups excluding carboxylic acids is 1. The van der Waals surface area contributed by atoms with E-state index in [2.05, 4.69) is 29.7 Å². The zero-order valence-corrected chi connectivity index (χ0v) is 15.8. The number of hydrogen-bond acceptors (Lipinski definition) is 4. The fourth-order valence-corrected chi connectivity index (χ4v) is 4.88. The molecule has 0 bridgehead atoms. The predicted molar refractivity (Wildman–Crippen MR) is 98.8 cm³/mol. The van der Waals surface area contributed by atoms with Crippen LogP contribution >= 0.6 is 11.3 Å². The SMILES string of the molecule is CCCc1cc(C(=O)N2CCC([C@H](C)N3CCOCC3)CC2)cs1. The first kappa shape index (κ1) is 17.9. The monoisotopic (exact) mass is 350 g/mol. The second kappa shape index (κ2) is 8.45. The maximum Gasteiger partial charge on any atom is 0.254 e. The Morgan fingerprint density at radius 3 is 2.67 bits per heavy atom. The minimum absolute atomic E-state index is 0.228. The van der Waals surface area contributed by atoms with Crippen molar-refractivity contribution in [2.75, 3.05) is 39.4 Å². The van der Waals surface area contributed by atoms with Gasteiger partial charge in [-0.25, -0.2) is 0 Å². The van der Waals surface area contributed by atoms with Crippen LogP contribution in [0.3, 0.4) is 0 Å². The Morgan fingerprint density at radius 2 is 2.00 bits per heavy atom. The molecule has 2 aliphatic rings. The molecule has 0 radical (unpaired) electrons. The highest BCUT2D eigenvalue weighted by atomic mass is 32.1. The summed E-state index contributed by atoms with van der Waals surface area (Å²) >= 11 is 1.72. The summed E-state index contributed by atoms with van der Waals surface area (Å²) < 4.78 is 5.46. The number of piperidine rings is 1. The van der Waals surface area contributed by atoms with Crippen LogP contribution in [0.25, 0.3) is 0 Å². The largest absolute Gasteiger partial charge is 0.379 e. The average Bonchev–Trinajstić information content (AvgIpc) is 3.10. The highest BCUT2D eigenvalue weighted by Crippen LogP contribution is 2.26. The van der Waals surface area contributed by atoms with E-state index >= 15 is 0 Å². The number of aryl methyl sites for hydroxylation is 1. The summed E-state index contributed by atoms with van der Waals surface area (Å²) in [5.41, 5.74) is 0.892. The molecule has 0 aromatic carbocycles. The van der Waals surface area contributed by atoms with Gasteiger partial charge in [0.15, 0.2) is 0 Å². The zero-order chi connectivity index (χ0) is 16.9. The van der Waals surface area contributed by atoms with Crippen molar-refractivity contribution in [2.45, 2.75) is 45.6 Å². The molecule has 24 heavy (non-hydrogen) atoms. The molecule has 3 heterocycles. The van der Waals surface area contributed by atoms with Crippen molar-refractivity contribution in [2.24, 2.45) is 5.92 Å². The molecule has 0 saturated carbocycles. The van der Waals surface area contributed by atoms with Gasteiger partial charge in [-0.2, -0.15) is 0 Å². The van der Waals surface area contributed by atoms with E-state index in [0.717, 1.165) is 70.6 Å². The minimum Gasteiger partial charge on any atom is -0.379 e. The molecule has 1 aromatic rings. The number of likely N-dealkylation sites (tertiary alicyclic amines) is 1. The van der Waals surface area contributed by atoms with Gasteiger partial charge in [-0.05, 0) is 38.2 Å². The molecule has 2 aliphatic heterocycles. The summed E-state index contributed by atoms with van der Waals surface area (Å²) in [7, 11) is 0. The average molecular weight is 351 g/mol. The number of thiophene rings is 1. The lowest BCUT2D eigenvalue weighted by Crippen LogP contribution is -2.49. The highest BCUT2D eigenvalue weighted by molar-refractivity contribution is 7.10. The molecule has 2 saturated heterocycles. The number of carbonyl (C=O) groups is 1. The first-order chi connectivity index (χ1) is 11.7. The van der Waals surface area contributed by atoms with E-state index in [1.807, 2.05) is 5.38 Å². The van der Waals surface area contributed by atoms with Crippen LogP contribution in [0.4, 0.5) is 0 Å². The molecule has 0 spiro atoms. The van der Waals surface area contributed by atoms with Gasteiger partial charge in [0.1, 0.15) is 0 Å². The quantitative estimate of drug-likeness (QED) is 0.817. The topological polar surface area (TPSA) is 32.8 Å². The first-order valence-corrected chi connectivity index (χ1v) is 10.3. The Kier molecular flexibility index (Phi) is 6.31. The van der Waals surface area contributed by atoms with E-state index in [1.165, 1.54) is 4.88 Å². The predicted octanol–water partition coefficient (Wildman–Crippen LogP) is 3.27. The summed E-state index contributed by atoms with van der Waals surface area (Å²) in [6, 6.07) is 2.70. The molecule has 134 valence electrons. The molecule has 1 aromatic heterocycles. The van der Waals surface area contributed by atoms with Crippen LogP contribution in [-0.4, -0.2) is 61.1 Å². The Hall–Kier alpha value is -0.910. The molecular weight excluding hydrogens is 320 g/mol. The van der Waals surface area contributed by atoms with E-state index in [-0.39, 0.29) is 5.91 Å². The third kappa shape index (κ3) is 4.19. The van der Waals surface area contributed by atoms with Crippen molar-refractivity contribution >= 4 is 17.2 Å². The molecular formula is C19H30N2O2S. The lowest BCUT2D eigenvalue weighted by Gasteiger charge is -2.41. The van der Waals surface area contributed by atoms with Crippen molar-refractivity contribution in [1.29, 1.82) is 0 Å². The Morgan fingerprint density at radius 1 is 1.29 bits per heavy atom. The van der Waals surface area contributed by atoms with Crippen molar-refractivity contribution in [3.05, 3.63) is 21.9 Å². The van der Waals surface area contributed by atoms with E-state index in [0.29, 0.717) is 12.0 Å². The normalized spacial score (nSPS) is 21.8. The molecule has 0 aliphatic carbocycles. The van der Waals surface area contributed by atoms with E-state index in [9.17, 15) is 4.79 Å². The van der Waals surface area contributed by atoms with Crippen LogP contribution in [0, 0.1) is 5.92 Å². The fourth-order valence-electron chi connectivity index (χ4n) is 3.92. The summed E-state index contributed by atoms with van der Waals surface area (Å²) in [6.45, 7) is 10.2. The third-order valence-corrected chi connectivity index (χ3v) is 6.52. The smallest absolute Gasteiger partial charge is 0.254 e. The minimum atomic E-state index is 0.228. The standard InChI is InChI=1S/C19H30N2O2S/c1-3-4-18-13-17(14-24-18)19(22)21-7-5-16(6-8-21)15(2)20-9-11-23-12-10-20/h13-16H,3-12H2,1-2H3/t15-/m0/s1. The van der Waals surface area contributed by atoms with E-state index < -0.39 is 0 Å². The molecule has 2 fully saturated rings. The van der Waals surface area contributed by atoms with Crippen LogP contribution in [0.2, 0.25) is 0 Å².